The summed E-state index contributed by atoms with van der Waals surface area (Å²) in [6.45, 7) is 8.56. The lowest BCUT2D eigenvalue weighted by atomic mass is 10.1. The Morgan fingerprint density at radius 1 is 1.29 bits per heavy atom. The third-order valence-electron chi connectivity index (χ3n) is 3.70. The van der Waals surface area contributed by atoms with Gasteiger partial charge in [0.2, 0.25) is 0 Å². The molecule has 0 aliphatic heterocycles. The summed E-state index contributed by atoms with van der Waals surface area (Å²) < 4.78 is 4.04. The molecular weight excluding hydrogens is 381 g/mol. The summed E-state index contributed by atoms with van der Waals surface area (Å²) in [5.41, 5.74) is 2.52. The number of hydrogen-bond acceptors (Lipinski definition) is 3. The van der Waals surface area contributed by atoms with Crippen molar-refractivity contribution < 1.29 is 4.79 Å². The average Bonchev–Trinajstić information content (AvgIpc) is 2.73. The van der Waals surface area contributed by atoms with Gasteiger partial charge in [0.1, 0.15) is 5.82 Å². The van der Waals surface area contributed by atoms with Crippen LogP contribution in [-0.4, -0.2) is 19.9 Å². The number of aromatic nitrogens is 3. The molecule has 21 heavy (non-hydrogen) atoms. The molecule has 0 N–H and O–H groups in total. The van der Waals surface area contributed by atoms with E-state index in [2.05, 4.69) is 9.55 Å². The van der Waals surface area contributed by atoms with Crippen LogP contribution in [0.4, 0.5) is 0 Å². The first kappa shape index (κ1) is 15.9. The van der Waals surface area contributed by atoms with Gasteiger partial charge in [0, 0.05) is 29.7 Å². The number of hydrogen-bond donors (Lipinski definition) is 0. The van der Waals surface area contributed by atoms with Crippen molar-refractivity contribution in [3.05, 3.63) is 49.0 Å². The Balaban J connectivity index is 2.40. The Kier molecular flexibility index (Phi) is 4.65. The molecule has 0 atom stereocenters. The fourth-order valence-electron chi connectivity index (χ4n) is 2.54. The predicted molar refractivity (Wildman–Crippen MR) is 89.9 cm³/mol. The molecule has 0 aliphatic carbocycles. The summed E-state index contributed by atoms with van der Waals surface area (Å²) in [7, 11) is 0. The highest BCUT2D eigenvalue weighted by atomic mass is 127. The van der Waals surface area contributed by atoms with Crippen LogP contribution in [0, 0.1) is 24.3 Å². The van der Waals surface area contributed by atoms with Gasteiger partial charge in [0.05, 0.1) is 10.1 Å². The normalized spacial score (nSPS) is 10.9. The molecule has 0 unspecified atom stereocenters. The maximum Gasteiger partial charge on any atom is 0.267 e. The molecule has 0 aliphatic rings. The van der Waals surface area contributed by atoms with E-state index in [0.717, 1.165) is 17.9 Å². The topological polar surface area (TPSA) is 56.9 Å². The van der Waals surface area contributed by atoms with Crippen molar-refractivity contribution in [2.24, 2.45) is 0 Å². The van der Waals surface area contributed by atoms with E-state index in [1.807, 2.05) is 49.4 Å². The van der Waals surface area contributed by atoms with E-state index in [0.29, 0.717) is 15.0 Å². The Labute approximate surface area is 137 Å². The number of aryl methyl sites for hydroxylation is 2. The Bertz CT molecular complexity index is 759. The second-order valence-corrected chi connectivity index (χ2v) is 6.16. The predicted octanol–water partition coefficient (Wildman–Crippen LogP) is 2.48. The number of carbonyl (C=O) groups excluding carboxylic acids is 1. The number of ketones is 1. The highest BCUT2D eigenvalue weighted by Crippen LogP contribution is 2.16. The maximum atomic E-state index is 12.5. The van der Waals surface area contributed by atoms with Crippen molar-refractivity contribution in [2.45, 2.75) is 40.8 Å². The molecule has 0 spiro atoms. The van der Waals surface area contributed by atoms with E-state index in [4.69, 9.17) is 0 Å². The number of Topliss-reactive ketones (excluding diaryl/α,β-unsaturated/α-hetero) is 1. The average molecular weight is 399 g/mol. The Hall–Kier alpha value is -1.44. The van der Waals surface area contributed by atoms with Gasteiger partial charge >= 0.3 is 0 Å². The van der Waals surface area contributed by atoms with Crippen molar-refractivity contribution in [1.82, 2.24) is 14.1 Å². The second-order valence-electron chi connectivity index (χ2n) is 5.00. The first-order valence-electron chi connectivity index (χ1n) is 6.78. The SMILES string of the molecule is CCn1c(C)cc(C(=O)Cn2c(C)ncc(I)c2=O)c1C. The highest BCUT2D eigenvalue weighted by Gasteiger charge is 2.17. The van der Waals surface area contributed by atoms with Gasteiger partial charge in [0.25, 0.3) is 5.56 Å². The standard InChI is InChI=1S/C15H18IN3O2/c1-5-18-9(2)6-12(10(18)3)14(20)8-19-11(4)17-7-13(16)15(19)21/h6-7H,5,8H2,1-4H3. The monoisotopic (exact) mass is 399 g/mol. The second kappa shape index (κ2) is 6.13. The van der Waals surface area contributed by atoms with Crippen LogP contribution in [0.3, 0.4) is 0 Å². The highest BCUT2D eigenvalue weighted by molar-refractivity contribution is 14.1. The van der Waals surface area contributed by atoms with Crippen molar-refractivity contribution >= 4 is 28.4 Å². The molecule has 0 aromatic carbocycles. The molecule has 2 aromatic rings. The van der Waals surface area contributed by atoms with Gasteiger partial charge in [-0.25, -0.2) is 4.98 Å². The zero-order chi connectivity index (χ0) is 15.7. The summed E-state index contributed by atoms with van der Waals surface area (Å²) in [6, 6.07) is 1.89. The maximum absolute atomic E-state index is 12.5. The van der Waals surface area contributed by atoms with Crippen LogP contribution in [0.5, 0.6) is 0 Å². The third kappa shape index (κ3) is 2.95. The number of carbonyl (C=O) groups is 1. The molecule has 112 valence electrons. The molecule has 5 nitrogen and oxygen atoms in total. The van der Waals surface area contributed by atoms with Gasteiger partial charge in [-0.2, -0.15) is 0 Å². The molecule has 0 saturated heterocycles. The summed E-state index contributed by atoms with van der Waals surface area (Å²) in [6.07, 6.45) is 1.53. The zero-order valence-corrected chi connectivity index (χ0v) is 14.8. The minimum absolute atomic E-state index is 0.0303. The van der Waals surface area contributed by atoms with Crippen molar-refractivity contribution in [2.75, 3.05) is 0 Å². The molecule has 2 heterocycles. The number of nitrogens with zero attached hydrogens (tertiary/aromatic N) is 3. The molecule has 0 fully saturated rings. The molecule has 0 bridgehead atoms. The molecule has 0 amide bonds. The van der Waals surface area contributed by atoms with Crippen LogP contribution in [0.25, 0.3) is 0 Å². The number of halogens is 1. The van der Waals surface area contributed by atoms with Crippen molar-refractivity contribution in [1.29, 1.82) is 0 Å². The first-order valence-corrected chi connectivity index (χ1v) is 7.86. The van der Waals surface area contributed by atoms with Crippen LogP contribution in [0.2, 0.25) is 0 Å². The zero-order valence-electron chi connectivity index (χ0n) is 12.6. The lowest BCUT2D eigenvalue weighted by molar-refractivity contribution is 0.0968. The largest absolute Gasteiger partial charge is 0.349 e. The summed E-state index contributed by atoms with van der Waals surface area (Å²) in [4.78, 5) is 28.8. The third-order valence-corrected chi connectivity index (χ3v) is 4.44. The Morgan fingerprint density at radius 3 is 2.52 bits per heavy atom. The van der Waals surface area contributed by atoms with Crippen molar-refractivity contribution in [3.63, 3.8) is 0 Å². The van der Waals surface area contributed by atoms with Crippen LogP contribution < -0.4 is 5.56 Å². The van der Waals surface area contributed by atoms with E-state index in [1.165, 1.54) is 10.8 Å². The van der Waals surface area contributed by atoms with Crippen LogP contribution in [-0.2, 0) is 13.1 Å². The molecule has 2 aromatic heterocycles. The fraction of sp³-hybridized carbons (Fsp3) is 0.400. The lowest BCUT2D eigenvalue weighted by Crippen LogP contribution is -2.29. The van der Waals surface area contributed by atoms with E-state index in [1.54, 1.807) is 6.92 Å². The quantitative estimate of drug-likeness (QED) is 0.587. The fourth-order valence-corrected chi connectivity index (χ4v) is 2.97. The summed E-state index contributed by atoms with van der Waals surface area (Å²) in [5.74, 6) is 0.495. The lowest BCUT2D eigenvalue weighted by Gasteiger charge is -2.09. The summed E-state index contributed by atoms with van der Waals surface area (Å²) in [5, 5.41) is 0. The molecule has 2 rings (SSSR count). The Morgan fingerprint density at radius 2 is 1.95 bits per heavy atom. The van der Waals surface area contributed by atoms with E-state index in [-0.39, 0.29) is 17.9 Å². The minimum Gasteiger partial charge on any atom is -0.349 e. The van der Waals surface area contributed by atoms with Gasteiger partial charge in [-0.1, -0.05) is 0 Å². The van der Waals surface area contributed by atoms with Crippen LogP contribution >= 0.6 is 22.6 Å². The van der Waals surface area contributed by atoms with Gasteiger partial charge in [-0.05, 0) is 56.4 Å². The van der Waals surface area contributed by atoms with Crippen LogP contribution in [0.15, 0.2) is 17.1 Å². The van der Waals surface area contributed by atoms with Gasteiger partial charge in [-0.15, -0.1) is 0 Å². The van der Waals surface area contributed by atoms with Gasteiger partial charge < -0.3 is 4.57 Å². The smallest absolute Gasteiger partial charge is 0.267 e. The van der Waals surface area contributed by atoms with Gasteiger partial charge in [0.15, 0.2) is 5.78 Å². The molecule has 0 radical (unpaired) electrons. The molecule has 6 heteroatoms. The van der Waals surface area contributed by atoms with E-state index in [9.17, 15) is 9.59 Å². The van der Waals surface area contributed by atoms with Crippen LogP contribution in [0.1, 0.15) is 34.5 Å². The minimum atomic E-state index is -0.166. The molecular formula is C15H18IN3O2. The van der Waals surface area contributed by atoms with Crippen molar-refractivity contribution in [3.8, 4) is 0 Å². The number of rotatable bonds is 4. The van der Waals surface area contributed by atoms with E-state index >= 15 is 0 Å². The van der Waals surface area contributed by atoms with E-state index < -0.39 is 0 Å². The first-order chi connectivity index (χ1) is 9.86. The van der Waals surface area contributed by atoms with Gasteiger partial charge in [-0.3, -0.25) is 14.2 Å². The summed E-state index contributed by atoms with van der Waals surface area (Å²) >= 11 is 1.94. The molecule has 0 saturated carbocycles.